The Bertz CT molecular complexity index is 999. The number of hydrogen-bond donors (Lipinski definition) is 2. The maximum Gasteiger partial charge on any atom is 0.262 e. The van der Waals surface area contributed by atoms with E-state index in [4.69, 9.17) is 5.11 Å². The Labute approximate surface area is 171 Å². The molecule has 0 bridgehead atoms. The van der Waals surface area contributed by atoms with Gasteiger partial charge in [-0.2, -0.15) is 0 Å². The lowest BCUT2D eigenvalue weighted by molar-refractivity contribution is 0.0975. The minimum Gasteiger partial charge on any atom is -0.395 e. The first kappa shape index (κ1) is 19.0. The molecule has 1 aliphatic heterocycles. The lowest BCUT2D eigenvalue weighted by atomic mass is 10.0. The van der Waals surface area contributed by atoms with Gasteiger partial charge in [-0.3, -0.25) is 9.69 Å². The minimum atomic E-state index is -0.308. The SMILES string of the molecule is Cc1ccc(N2C(=O)c3ccccc3N[C@@H]2c2ccc(N(C)CCO)cc2)cc1. The minimum absolute atomic E-state index is 0.0188. The summed E-state index contributed by atoms with van der Waals surface area (Å²) in [6.07, 6.45) is -0.308. The highest BCUT2D eigenvalue weighted by atomic mass is 16.3. The molecule has 0 radical (unpaired) electrons. The van der Waals surface area contributed by atoms with E-state index >= 15 is 0 Å². The van der Waals surface area contributed by atoms with Gasteiger partial charge in [-0.25, -0.2) is 0 Å². The van der Waals surface area contributed by atoms with Crippen LogP contribution in [0.3, 0.4) is 0 Å². The van der Waals surface area contributed by atoms with Gasteiger partial charge in [-0.05, 0) is 48.9 Å². The summed E-state index contributed by atoms with van der Waals surface area (Å²) in [6, 6.07) is 23.7. The summed E-state index contributed by atoms with van der Waals surface area (Å²) in [5.74, 6) is -0.0188. The van der Waals surface area contributed by atoms with Crippen LogP contribution in [-0.2, 0) is 0 Å². The van der Waals surface area contributed by atoms with Crippen LogP contribution in [0.2, 0.25) is 0 Å². The van der Waals surface area contributed by atoms with Gasteiger partial charge in [0.2, 0.25) is 0 Å². The van der Waals surface area contributed by atoms with Crippen LogP contribution in [-0.4, -0.2) is 31.2 Å². The quantitative estimate of drug-likeness (QED) is 0.689. The van der Waals surface area contributed by atoms with Crippen molar-refractivity contribution in [2.45, 2.75) is 13.1 Å². The first-order valence-corrected chi connectivity index (χ1v) is 9.76. The molecular weight excluding hydrogens is 362 g/mol. The number of nitrogens with one attached hydrogen (secondary N) is 1. The topological polar surface area (TPSA) is 55.8 Å². The van der Waals surface area contributed by atoms with E-state index < -0.39 is 0 Å². The van der Waals surface area contributed by atoms with E-state index in [0.717, 1.165) is 28.2 Å². The third-order valence-electron chi connectivity index (χ3n) is 5.32. The summed E-state index contributed by atoms with van der Waals surface area (Å²) in [4.78, 5) is 17.2. The summed E-state index contributed by atoms with van der Waals surface area (Å²) in [5, 5.41) is 12.7. The fourth-order valence-corrected chi connectivity index (χ4v) is 3.65. The zero-order valence-electron chi connectivity index (χ0n) is 16.7. The van der Waals surface area contributed by atoms with Crippen LogP contribution in [0.25, 0.3) is 0 Å². The molecule has 1 heterocycles. The number of aliphatic hydroxyl groups excluding tert-OH is 1. The predicted octanol–water partition coefficient (Wildman–Crippen LogP) is 4.19. The monoisotopic (exact) mass is 387 g/mol. The Morgan fingerprint density at radius 3 is 2.38 bits per heavy atom. The van der Waals surface area contributed by atoms with Crippen molar-refractivity contribution in [1.82, 2.24) is 0 Å². The molecule has 3 aromatic rings. The number of hydrogen-bond acceptors (Lipinski definition) is 4. The maximum atomic E-state index is 13.4. The largest absolute Gasteiger partial charge is 0.395 e. The second-order valence-corrected chi connectivity index (χ2v) is 7.34. The molecule has 0 fully saturated rings. The van der Waals surface area contributed by atoms with Gasteiger partial charge in [0.25, 0.3) is 5.91 Å². The highest BCUT2D eigenvalue weighted by molar-refractivity contribution is 6.12. The van der Waals surface area contributed by atoms with Crippen molar-refractivity contribution in [3.63, 3.8) is 0 Å². The second-order valence-electron chi connectivity index (χ2n) is 7.34. The molecule has 5 heteroatoms. The van der Waals surface area contributed by atoms with E-state index in [1.807, 2.05) is 96.6 Å². The van der Waals surface area contributed by atoms with Crippen LogP contribution in [0.1, 0.15) is 27.7 Å². The Kier molecular flexibility index (Phi) is 5.23. The Morgan fingerprint density at radius 2 is 1.69 bits per heavy atom. The van der Waals surface area contributed by atoms with Crippen molar-refractivity contribution < 1.29 is 9.90 Å². The van der Waals surface area contributed by atoms with E-state index in [2.05, 4.69) is 5.32 Å². The number of fused-ring (bicyclic) bond motifs is 1. The van der Waals surface area contributed by atoms with Crippen molar-refractivity contribution >= 4 is 23.0 Å². The molecule has 0 saturated heterocycles. The number of benzene rings is 3. The number of para-hydroxylation sites is 1. The number of carbonyl (C=O) groups excluding carboxylic acids is 1. The smallest absolute Gasteiger partial charge is 0.262 e. The zero-order chi connectivity index (χ0) is 20.4. The van der Waals surface area contributed by atoms with Gasteiger partial charge < -0.3 is 15.3 Å². The molecule has 0 unspecified atom stereocenters. The molecule has 5 nitrogen and oxygen atoms in total. The number of aliphatic hydroxyl groups is 1. The molecule has 1 atom stereocenters. The van der Waals surface area contributed by atoms with E-state index in [-0.39, 0.29) is 18.7 Å². The van der Waals surface area contributed by atoms with E-state index in [9.17, 15) is 4.79 Å². The number of anilines is 3. The van der Waals surface area contributed by atoms with Gasteiger partial charge in [0.05, 0.1) is 12.2 Å². The normalized spacial score (nSPS) is 15.6. The van der Waals surface area contributed by atoms with E-state index in [1.54, 1.807) is 0 Å². The molecule has 0 spiro atoms. The molecule has 3 aromatic carbocycles. The highest BCUT2D eigenvalue weighted by Gasteiger charge is 2.33. The molecule has 2 N–H and O–H groups in total. The molecule has 148 valence electrons. The predicted molar refractivity (Wildman–Crippen MR) is 118 cm³/mol. The van der Waals surface area contributed by atoms with Crippen LogP contribution in [0.15, 0.2) is 72.8 Å². The van der Waals surface area contributed by atoms with E-state index in [0.29, 0.717) is 12.1 Å². The van der Waals surface area contributed by atoms with Crippen molar-refractivity contribution in [2.75, 3.05) is 35.3 Å². The van der Waals surface area contributed by atoms with Gasteiger partial charge in [0.1, 0.15) is 6.17 Å². The first-order valence-electron chi connectivity index (χ1n) is 9.76. The van der Waals surface area contributed by atoms with Crippen LogP contribution < -0.4 is 15.1 Å². The molecule has 0 aromatic heterocycles. The average molecular weight is 387 g/mol. The number of aryl methyl sites for hydroxylation is 1. The summed E-state index contributed by atoms with van der Waals surface area (Å²) in [6.45, 7) is 2.71. The fraction of sp³-hybridized carbons (Fsp3) is 0.208. The van der Waals surface area contributed by atoms with Gasteiger partial charge >= 0.3 is 0 Å². The highest BCUT2D eigenvalue weighted by Crippen LogP contribution is 2.37. The standard InChI is InChI=1S/C24H25N3O2/c1-17-7-11-20(12-8-17)27-23(25-22-6-4-3-5-21(22)24(27)29)18-9-13-19(14-10-18)26(2)15-16-28/h3-14,23,25,28H,15-16H2,1-2H3/t23-/m0/s1. The summed E-state index contributed by atoms with van der Waals surface area (Å²) in [5.41, 5.74) is 5.53. The van der Waals surface area contributed by atoms with Crippen LogP contribution in [0.4, 0.5) is 17.1 Å². The third-order valence-corrected chi connectivity index (χ3v) is 5.32. The van der Waals surface area contributed by atoms with Gasteiger partial charge in [-0.15, -0.1) is 0 Å². The molecule has 0 aliphatic carbocycles. The van der Waals surface area contributed by atoms with Crippen LogP contribution >= 0.6 is 0 Å². The number of likely N-dealkylation sites (N-methyl/N-ethyl adjacent to an activating group) is 1. The summed E-state index contributed by atoms with van der Waals surface area (Å²) >= 11 is 0. The molecular formula is C24H25N3O2. The van der Waals surface area contributed by atoms with Gasteiger partial charge in [0.15, 0.2) is 0 Å². The fourth-order valence-electron chi connectivity index (χ4n) is 3.65. The number of amides is 1. The lowest BCUT2D eigenvalue weighted by Crippen LogP contribution is -2.43. The van der Waals surface area contributed by atoms with Crippen molar-refractivity contribution in [3.8, 4) is 0 Å². The Hall–Kier alpha value is -3.31. The summed E-state index contributed by atoms with van der Waals surface area (Å²) in [7, 11) is 1.95. The third kappa shape index (κ3) is 3.69. The summed E-state index contributed by atoms with van der Waals surface area (Å²) < 4.78 is 0. The molecule has 0 saturated carbocycles. The second kappa shape index (κ2) is 7.97. The first-order chi connectivity index (χ1) is 14.1. The van der Waals surface area contributed by atoms with E-state index in [1.165, 1.54) is 0 Å². The molecule has 29 heavy (non-hydrogen) atoms. The average Bonchev–Trinajstić information content (AvgIpc) is 2.75. The lowest BCUT2D eigenvalue weighted by Gasteiger charge is -2.38. The Balaban J connectivity index is 1.74. The number of carbonyl (C=O) groups is 1. The van der Waals surface area contributed by atoms with Gasteiger partial charge in [0, 0.05) is 30.7 Å². The zero-order valence-corrected chi connectivity index (χ0v) is 16.7. The van der Waals surface area contributed by atoms with Crippen molar-refractivity contribution in [1.29, 1.82) is 0 Å². The molecule has 4 rings (SSSR count). The number of rotatable bonds is 5. The molecule has 1 aliphatic rings. The van der Waals surface area contributed by atoms with Crippen molar-refractivity contribution in [3.05, 3.63) is 89.5 Å². The maximum absolute atomic E-state index is 13.4. The molecule has 1 amide bonds. The van der Waals surface area contributed by atoms with Gasteiger partial charge in [-0.1, -0.05) is 42.0 Å². The number of nitrogens with zero attached hydrogens (tertiary/aromatic N) is 2. The van der Waals surface area contributed by atoms with Crippen LogP contribution in [0.5, 0.6) is 0 Å². The Morgan fingerprint density at radius 1 is 1.00 bits per heavy atom. The van der Waals surface area contributed by atoms with Crippen molar-refractivity contribution in [2.24, 2.45) is 0 Å². The van der Waals surface area contributed by atoms with Crippen LogP contribution in [0, 0.1) is 6.92 Å².